The monoisotopic (exact) mass is 156 g/mol. The predicted octanol–water partition coefficient (Wildman–Crippen LogP) is -1.82. The Morgan fingerprint density at radius 1 is 1.55 bits per heavy atom. The molecule has 0 bridgehead atoms. The average Bonchev–Trinajstić information content (AvgIpc) is 1.95. The molecule has 0 aliphatic heterocycles. The first-order chi connectivity index (χ1) is 5.24. The fourth-order valence-electron chi connectivity index (χ4n) is 0.659. The van der Waals surface area contributed by atoms with Crippen molar-refractivity contribution in [1.29, 1.82) is 0 Å². The topological polar surface area (TPSA) is 90.6 Å². The van der Waals surface area contributed by atoms with Gasteiger partial charge in [0.2, 0.25) is 0 Å². The lowest BCUT2D eigenvalue weighted by Gasteiger charge is -1.93. The minimum Gasteiger partial charge on any atom is -0.314 e. The minimum absolute atomic E-state index is 0.270. The number of hydrogen-bond donors (Lipinski definition) is 3. The molecular formula is C5H8N4O2. The molecule has 1 rings (SSSR count). The van der Waals surface area contributed by atoms with Crippen LogP contribution in [0.15, 0.2) is 9.59 Å². The van der Waals surface area contributed by atoms with E-state index in [-0.39, 0.29) is 5.69 Å². The Morgan fingerprint density at radius 2 is 2.27 bits per heavy atom. The predicted molar refractivity (Wildman–Crippen MR) is 38.2 cm³/mol. The van der Waals surface area contributed by atoms with Crippen LogP contribution in [-0.2, 0) is 6.54 Å². The number of H-pyrrole nitrogens is 2. The molecule has 0 spiro atoms. The summed E-state index contributed by atoms with van der Waals surface area (Å²) in [5, 5.41) is 8.39. The Labute approximate surface area is 61.7 Å². The van der Waals surface area contributed by atoms with Crippen LogP contribution in [0.3, 0.4) is 0 Å². The molecule has 1 aromatic rings. The summed E-state index contributed by atoms with van der Waals surface area (Å²) >= 11 is 0. The van der Waals surface area contributed by atoms with E-state index in [0.29, 0.717) is 6.54 Å². The number of aromatic nitrogens is 3. The molecule has 0 amide bonds. The number of nitrogens with one attached hydrogen (secondary N) is 3. The van der Waals surface area contributed by atoms with Gasteiger partial charge >= 0.3 is 5.69 Å². The van der Waals surface area contributed by atoms with Gasteiger partial charge < -0.3 is 5.32 Å². The van der Waals surface area contributed by atoms with Crippen LogP contribution in [-0.4, -0.2) is 22.2 Å². The van der Waals surface area contributed by atoms with Crippen LogP contribution in [0.1, 0.15) is 5.69 Å². The molecule has 0 fully saturated rings. The fraction of sp³-hybridized carbons (Fsp3) is 0.400. The van der Waals surface area contributed by atoms with Gasteiger partial charge in [0.15, 0.2) is 0 Å². The number of nitrogens with zero attached hydrogens (tertiary/aromatic N) is 1. The molecule has 60 valence electrons. The maximum atomic E-state index is 10.9. The largest absolute Gasteiger partial charge is 0.342 e. The van der Waals surface area contributed by atoms with Gasteiger partial charge in [-0.05, 0) is 7.05 Å². The zero-order chi connectivity index (χ0) is 8.27. The highest BCUT2D eigenvalue weighted by molar-refractivity contribution is 4.90. The summed E-state index contributed by atoms with van der Waals surface area (Å²) in [6.45, 7) is 0.339. The Hall–Kier alpha value is -1.43. The normalized spacial score (nSPS) is 9.91. The fourth-order valence-corrected chi connectivity index (χ4v) is 0.659. The zero-order valence-electron chi connectivity index (χ0n) is 5.97. The lowest BCUT2D eigenvalue weighted by Crippen LogP contribution is -2.29. The molecule has 0 saturated heterocycles. The van der Waals surface area contributed by atoms with E-state index in [4.69, 9.17) is 0 Å². The molecular weight excluding hydrogens is 148 g/mol. The van der Waals surface area contributed by atoms with Crippen LogP contribution in [0.2, 0.25) is 0 Å². The summed E-state index contributed by atoms with van der Waals surface area (Å²) in [4.78, 5) is 23.4. The highest BCUT2D eigenvalue weighted by Gasteiger charge is 1.98. The van der Waals surface area contributed by atoms with Gasteiger partial charge in [0.05, 0.1) is 0 Å². The molecule has 6 heteroatoms. The van der Waals surface area contributed by atoms with Crippen molar-refractivity contribution in [1.82, 2.24) is 20.5 Å². The lowest BCUT2D eigenvalue weighted by atomic mass is 10.4. The Balaban J connectivity index is 3.10. The number of aromatic amines is 2. The molecule has 1 heterocycles. The quantitative estimate of drug-likeness (QED) is 0.470. The molecule has 0 atom stereocenters. The van der Waals surface area contributed by atoms with Crippen LogP contribution in [0.25, 0.3) is 0 Å². The summed E-state index contributed by atoms with van der Waals surface area (Å²) in [5.41, 5.74) is -0.773. The molecule has 3 N–H and O–H groups in total. The van der Waals surface area contributed by atoms with E-state index in [2.05, 4.69) is 20.5 Å². The summed E-state index contributed by atoms with van der Waals surface area (Å²) < 4.78 is 0. The van der Waals surface area contributed by atoms with Crippen molar-refractivity contribution in [2.75, 3.05) is 7.05 Å². The highest BCUT2D eigenvalue weighted by Crippen LogP contribution is 1.73. The van der Waals surface area contributed by atoms with Gasteiger partial charge in [-0.3, -0.25) is 9.78 Å². The van der Waals surface area contributed by atoms with Gasteiger partial charge in [0, 0.05) is 6.54 Å². The van der Waals surface area contributed by atoms with Crippen molar-refractivity contribution in [2.24, 2.45) is 0 Å². The van der Waals surface area contributed by atoms with E-state index in [0.717, 1.165) is 0 Å². The summed E-state index contributed by atoms with van der Waals surface area (Å²) in [5.74, 6) is 0. The first kappa shape index (κ1) is 7.67. The number of hydrogen-bond acceptors (Lipinski definition) is 4. The van der Waals surface area contributed by atoms with Crippen LogP contribution in [0, 0.1) is 0 Å². The third kappa shape index (κ3) is 1.74. The van der Waals surface area contributed by atoms with Gasteiger partial charge in [-0.2, -0.15) is 5.10 Å². The van der Waals surface area contributed by atoms with E-state index >= 15 is 0 Å². The molecule has 0 saturated carbocycles. The van der Waals surface area contributed by atoms with E-state index in [9.17, 15) is 9.59 Å². The lowest BCUT2D eigenvalue weighted by molar-refractivity contribution is 0.729. The number of rotatable bonds is 2. The van der Waals surface area contributed by atoms with Crippen LogP contribution < -0.4 is 16.6 Å². The standard InChI is InChI=1S/C5H8N4O2/c1-6-2-3-4(10)7-5(11)9-8-3/h6H,2H2,1H3,(H2,7,9,10,11). The van der Waals surface area contributed by atoms with Crippen molar-refractivity contribution in [3.05, 3.63) is 26.5 Å². The van der Waals surface area contributed by atoms with Crippen molar-refractivity contribution in [3.8, 4) is 0 Å². The third-order valence-corrected chi connectivity index (χ3v) is 1.13. The van der Waals surface area contributed by atoms with Crippen LogP contribution >= 0.6 is 0 Å². The van der Waals surface area contributed by atoms with Gasteiger partial charge in [-0.15, -0.1) is 0 Å². The van der Waals surface area contributed by atoms with E-state index < -0.39 is 11.2 Å². The van der Waals surface area contributed by atoms with E-state index in [1.54, 1.807) is 7.05 Å². The molecule has 0 radical (unpaired) electrons. The Morgan fingerprint density at radius 3 is 2.82 bits per heavy atom. The molecule has 0 aliphatic carbocycles. The molecule has 0 aromatic carbocycles. The van der Waals surface area contributed by atoms with E-state index in [1.165, 1.54) is 0 Å². The Kier molecular flexibility index (Phi) is 2.17. The maximum absolute atomic E-state index is 10.9. The van der Waals surface area contributed by atoms with E-state index in [1.807, 2.05) is 0 Å². The zero-order valence-corrected chi connectivity index (χ0v) is 5.97. The minimum atomic E-state index is -0.588. The van der Waals surface area contributed by atoms with Crippen LogP contribution in [0.5, 0.6) is 0 Å². The second kappa shape index (κ2) is 3.11. The second-order valence-corrected chi connectivity index (χ2v) is 1.98. The molecule has 11 heavy (non-hydrogen) atoms. The molecule has 1 aromatic heterocycles. The van der Waals surface area contributed by atoms with Gasteiger partial charge in [0.25, 0.3) is 5.56 Å². The van der Waals surface area contributed by atoms with Crippen molar-refractivity contribution >= 4 is 0 Å². The summed E-state index contributed by atoms with van der Waals surface area (Å²) in [7, 11) is 1.69. The first-order valence-electron chi connectivity index (χ1n) is 3.06. The smallest absolute Gasteiger partial charge is 0.314 e. The van der Waals surface area contributed by atoms with Gasteiger partial charge in [-0.1, -0.05) is 0 Å². The van der Waals surface area contributed by atoms with Gasteiger partial charge in [-0.25, -0.2) is 9.89 Å². The van der Waals surface area contributed by atoms with Gasteiger partial charge in [0.1, 0.15) is 5.69 Å². The highest BCUT2D eigenvalue weighted by atomic mass is 16.2. The molecule has 0 unspecified atom stereocenters. The molecule has 6 nitrogen and oxygen atoms in total. The third-order valence-electron chi connectivity index (χ3n) is 1.13. The maximum Gasteiger partial charge on any atom is 0.342 e. The summed E-state index contributed by atoms with van der Waals surface area (Å²) in [6, 6.07) is 0. The van der Waals surface area contributed by atoms with Crippen LogP contribution in [0.4, 0.5) is 0 Å². The van der Waals surface area contributed by atoms with Crippen molar-refractivity contribution in [2.45, 2.75) is 6.54 Å². The SMILES string of the molecule is CNCc1n[nH]c(=O)[nH]c1=O. The Bertz CT molecular complexity index is 339. The van der Waals surface area contributed by atoms with Crippen molar-refractivity contribution in [3.63, 3.8) is 0 Å². The average molecular weight is 156 g/mol. The molecule has 0 aliphatic rings. The second-order valence-electron chi connectivity index (χ2n) is 1.98. The summed E-state index contributed by atoms with van der Waals surface area (Å²) in [6.07, 6.45) is 0. The first-order valence-corrected chi connectivity index (χ1v) is 3.06. The van der Waals surface area contributed by atoms with Crippen molar-refractivity contribution < 1.29 is 0 Å².